The molecule has 7 nitrogen and oxygen atoms in total. The van der Waals surface area contributed by atoms with Crippen LogP contribution in [0.3, 0.4) is 0 Å². The lowest BCUT2D eigenvalue weighted by atomic mass is 9.87. The number of hydrogen-bond donors (Lipinski definition) is 1. The minimum absolute atomic E-state index is 0.0296. The normalized spacial score (nSPS) is 18.9. The van der Waals surface area contributed by atoms with Gasteiger partial charge in [0.25, 0.3) is 5.91 Å². The van der Waals surface area contributed by atoms with Crippen LogP contribution in [0.25, 0.3) is 0 Å². The van der Waals surface area contributed by atoms with Crippen LogP contribution < -0.4 is 14.8 Å². The maximum Gasteiger partial charge on any atom is 0.253 e. The second-order valence-electron chi connectivity index (χ2n) is 9.17. The van der Waals surface area contributed by atoms with Gasteiger partial charge in [-0.1, -0.05) is 24.3 Å². The first-order valence-electron chi connectivity index (χ1n) is 12.1. The number of carbonyl (C=O) groups is 1. The smallest absolute Gasteiger partial charge is 0.253 e. The van der Waals surface area contributed by atoms with Crippen molar-refractivity contribution < 1.29 is 19.0 Å². The molecule has 0 radical (unpaired) electrons. The molecule has 2 saturated heterocycles. The zero-order chi connectivity index (χ0) is 24.1. The molecular weight excluding hydrogens is 442 g/mol. The molecule has 3 heterocycles. The Labute approximate surface area is 206 Å². The van der Waals surface area contributed by atoms with Crippen molar-refractivity contribution in [3.05, 3.63) is 84.2 Å². The molecule has 2 aliphatic rings. The number of para-hydroxylation sites is 1. The summed E-state index contributed by atoms with van der Waals surface area (Å²) in [7, 11) is 1.63. The molecule has 1 N–H and O–H groups in total. The van der Waals surface area contributed by atoms with Gasteiger partial charge in [-0.15, -0.1) is 0 Å². The maximum atomic E-state index is 13.3. The van der Waals surface area contributed by atoms with Crippen LogP contribution in [0, 0.1) is 0 Å². The molecule has 0 saturated carbocycles. The molecule has 1 spiro atoms. The summed E-state index contributed by atoms with van der Waals surface area (Å²) in [5.41, 5.74) is 2.29. The van der Waals surface area contributed by atoms with E-state index in [4.69, 9.17) is 14.2 Å². The highest BCUT2D eigenvalue weighted by molar-refractivity contribution is 5.95. The average molecular weight is 474 g/mol. The number of benzene rings is 2. The maximum absolute atomic E-state index is 13.3. The lowest BCUT2D eigenvalue weighted by molar-refractivity contribution is -0.0395. The Morgan fingerprint density at radius 1 is 1.14 bits per heavy atom. The predicted octanol–water partition coefficient (Wildman–Crippen LogP) is 4.55. The van der Waals surface area contributed by atoms with E-state index in [-0.39, 0.29) is 17.6 Å². The number of aromatic nitrogens is 1. The Kier molecular flexibility index (Phi) is 6.86. The summed E-state index contributed by atoms with van der Waals surface area (Å²) < 4.78 is 17.8. The van der Waals surface area contributed by atoms with E-state index in [0.29, 0.717) is 37.6 Å². The van der Waals surface area contributed by atoms with E-state index >= 15 is 0 Å². The fraction of sp³-hybridized carbons (Fsp3) is 0.357. The third kappa shape index (κ3) is 5.41. The number of piperidine rings is 1. The summed E-state index contributed by atoms with van der Waals surface area (Å²) >= 11 is 0. The highest BCUT2D eigenvalue weighted by Crippen LogP contribution is 2.38. The summed E-state index contributed by atoms with van der Waals surface area (Å²) in [6, 6.07) is 19.3. The number of anilines is 1. The van der Waals surface area contributed by atoms with Crippen LogP contribution >= 0.6 is 0 Å². The lowest BCUT2D eigenvalue weighted by Gasteiger charge is -2.38. The number of nitrogens with one attached hydrogen (secondary N) is 1. The van der Waals surface area contributed by atoms with Gasteiger partial charge < -0.3 is 24.4 Å². The van der Waals surface area contributed by atoms with Gasteiger partial charge in [0.05, 0.1) is 25.0 Å². The quantitative estimate of drug-likeness (QED) is 0.543. The Balaban J connectivity index is 1.19. The van der Waals surface area contributed by atoms with Crippen molar-refractivity contribution in [3.63, 3.8) is 0 Å². The summed E-state index contributed by atoms with van der Waals surface area (Å²) in [6.45, 7) is 2.52. The second-order valence-corrected chi connectivity index (χ2v) is 9.17. The van der Waals surface area contributed by atoms with E-state index in [1.165, 1.54) is 0 Å². The van der Waals surface area contributed by atoms with Crippen molar-refractivity contribution in [2.24, 2.45) is 0 Å². The van der Waals surface area contributed by atoms with Crippen molar-refractivity contribution in [3.8, 4) is 11.5 Å². The minimum Gasteiger partial charge on any atom is -0.495 e. The molecule has 0 aliphatic carbocycles. The van der Waals surface area contributed by atoms with Gasteiger partial charge in [0.1, 0.15) is 17.6 Å². The molecule has 2 fully saturated rings. The fourth-order valence-corrected chi connectivity index (χ4v) is 4.90. The number of nitrogens with zero attached hydrogens (tertiary/aromatic N) is 2. The molecule has 1 amide bonds. The summed E-state index contributed by atoms with van der Waals surface area (Å²) in [5, 5.41) is 3.37. The molecule has 2 aliphatic heterocycles. The van der Waals surface area contributed by atoms with Crippen molar-refractivity contribution in [2.75, 3.05) is 32.1 Å². The highest BCUT2D eigenvalue weighted by atomic mass is 16.6. The molecule has 35 heavy (non-hydrogen) atoms. The molecule has 1 aromatic heterocycles. The van der Waals surface area contributed by atoms with Crippen LogP contribution in [0.4, 0.5) is 5.69 Å². The van der Waals surface area contributed by atoms with Crippen LogP contribution in [0.15, 0.2) is 73.1 Å². The largest absolute Gasteiger partial charge is 0.495 e. The number of carbonyl (C=O) groups excluding carboxylic acids is 1. The van der Waals surface area contributed by atoms with Gasteiger partial charge >= 0.3 is 0 Å². The van der Waals surface area contributed by atoms with Crippen LogP contribution in [0.1, 0.15) is 35.2 Å². The fourth-order valence-electron chi connectivity index (χ4n) is 4.90. The minimum atomic E-state index is -0.202. The van der Waals surface area contributed by atoms with Crippen molar-refractivity contribution >= 4 is 11.6 Å². The van der Waals surface area contributed by atoms with Crippen molar-refractivity contribution in [1.82, 2.24) is 9.88 Å². The van der Waals surface area contributed by atoms with Gasteiger partial charge in [-0.05, 0) is 54.8 Å². The molecule has 1 unspecified atom stereocenters. The van der Waals surface area contributed by atoms with Gasteiger partial charge in [-0.25, -0.2) is 0 Å². The number of methoxy groups -OCH3 is 1. The van der Waals surface area contributed by atoms with Gasteiger partial charge in [-0.2, -0.15) is 0 Å². The molecule has 7 heteroatoms. The van der Waals surface area contributed by atoms with Crippen LogP contribution in [0.5, 0.6) is 11.5 Å². The zero-order valence-electron chi connectivity index (χ0n) is 20.0. The molecule has 2 aromatic carbocycles. The van der Waals surface area contributed by atoms with E-state index in [2.05, 4.69) is 10.3 Å². The van der Waals surface area contributed by atoms with E-state index in [1.54, 1.807) is 13.3 Å². The number of pyridine rings is 1. The SMILES string of the molecule is COc1ccc(C(=O)N2CCC3(CC2)CC(Oc2ccccc2)CO3)cc1NCc1cccnc1. The number of hydrogen-bond acceptors (Lipinski definition) is 6. The van der Waals surface area contributed by atoms with Crippen molar-refractivity contribution in [1.29, 1.82) is 0 Å². The molecule has 182 valence electrons. The first-order chi connectivity index (χ1) is 17.1. The molecular formula is C28H31N3O4. The Morgan fingerprint density at radius 3 is 2.71 bits per heavy atom. The summed E-state index contributed by atoms with van der Waals surface area (Å²) in [4.78, 5) is 19.4. The van der Waals surface area contributed by atoms with E-state index in [1.807, 2.05) is 71.8 Å². The second kappa shape index (κ2) is 10.4. The van der Waals surface area contributed by atoms with Gasteiger partial charge in [0.15, 0.2) is 0 Å². The first-order valence-corrected chi connectivity index (χ1v) is 12.1. The molecule has 1 atom stereocenters. The zero-order valence-corrected chi connectivity index (χ0v) is 20.0. The monoisotopic (exact) mass is 473 g/mol. The molecule has 3 aromatic rings. The van der Waals surface area contributed by atoms with Gasteiger partial charge in [-0.3, -0.25) is 9.78 Å². The third-order valence-electron chi connectivity index (χ3n) is 6.84. The summed E-state index contributed by atoms with van der Waals surface area (Å²) in [5.74, 6) is 1.60. The lowest BCUT2D eigenvalue weighted by Crippen LogP contribution is -2.46. The van der Waals surface area contributed by atoms with E-state index in [0.717, 1.165) is 36.3 Å². The van der Waals surface area contributed by atoms with Crippen LogP contribution in [0.2, 0.25) is 0 Å². The van der Waals surface area contributed by atoms with E-state index in [9.17, 15) is 4.79 Å². The predicted molar refractivity (Wildman–Crippen MR) is 134 cm³/mol. The van der Waals surface area contributed by atoms with Gasteiger partial charge in [0, 0.05) is 44.0 Å². The Hall–Kier alpha value is -3.58. The first kappa shape index (κ1) is 23.2. The molecule has 5 rings (SSSR count). The number of amides is 1. The van der Waals surface area contributed by atoms with Gasteiger partial charge in [0.2, 0.25) is 0 Å². The third-order valence-corrected chi connectivity index (χ3v) is 6.84. The number of likely N-dealkylation sites (tertiary alicyclic amines) is 1. The van der Waals surface area contributed by atoms with Crippen molar-refractivity contribution in [2.45, 2.75) is 37.5 Å². The topological polar surface area (TPSA) is 72.9 Å². The number of rotatable bonds is 7. The summed E-state index contributed by atoms with van der Waals surface area (Å²) in [6.07, 6.45) is 6.10. The van der Waals surface area contributed by atoms with Crippen LogP contribution in [-0.4, -0.2) is 54.3 Å². The van der Waals surface area contributed by atoms with E-state index < -0.39 is 0 Å². The highest BCUT2D eigenvalue weighted by Gasteiger charge is 2.44. The Bertz CT molecular complexity index is 1130. The standard InChI is InChI=1S/C28H31N3O4/c1-33-26-10-9-22(16-25(26)30-19-21-6-5-13-29-18-21)27(32)31-14-11-28(12-15-31)17-24(20-34-28)35-23-7-3-2-4-8-23/h2-10,13,16,18,24,30H,11-12,14-15,17,19-20H2,1H3. The average Bonchev–Trinajstić information content (AvgIpc) is 3.30. The Morgan fingerprint density at radius 2 is 1.97 bits per heavy atom. The number of ether oxygens (including phenoxy) is 3. The van der Waals surface area contributed by atoms with Crippen LogP contribution in [-0.2, 0) is 11.3 Å². The molecule has 0 bridgehead atoms.